The highest BCUT2D eigenvalue weighted by Gasteiger charge is 2.31. The summed E-state index contributed by atoms with van der Waals surface area (Å²) in [6.45, 7) is 7.88. The van der Waals surface area contributed by atoms with Crippen LogP contribution in [0.3, 0.4) is 0 Å². The Morgan fingerprint density at radius 2 is 1.78 bits per heavy atom. The summed E-state index contributed by atoms with van der Waals surface area (Å²) in [6, 6.07) is 15.7. The Morgan fingerprint density at radius 3 is 2.49 bits per heavy atom. The minimum Gasteiger partial charge on any atom is -0.449 e. The highest BCUT2D eigenvalue weighted by atomic mass is 35.5. The number of carbonyl (C=O) groups excluding carboxylic acids is 2. The van der Waals surface area contributed by atoms with E-state index in [0.717, 1.165) is 36.2 Å². The van der Waals surface area contributed by atoms with Gasteiger partial charge in [0.15, 0.2) is 0 Å². The number of halogens is 1. The van der Waals surface area contributed by atoms with Crippen LogP contribution in [0.2, 0.25) is 5.02 Å². The van der Waals surface area contributed by atoms with Gasteiger partial charge in [-0.15, -0.1) is 0 Å². The summed E-state index contributed by atoms with van der Waals surface area (Å²) in [7, 11) is 0. The topological polar surface area (TPSA) is 66.0 Å². The number of nitrogens with zero attached hydrogens (tertiary/aromatic N) is 4. The number of carbonyl (C=O) groups is 2. The van der Waals surface area contributed by atoms with Crippen LogP contribution in [-0.2, 0) is 4.74 Å². The molecule has 1 aromatic heterocycles. The van der Waals surface area contributed by atoms with Gasteiger partial charge in [-0.05, 0) is 56.5 Å². The molecule has 0 saturated carbocycles. The van der Waals surface area contributed by atoms with Crippen molar-refractivity contribution in [1.29, 1.82) is 0 Å². The quantitative estimate of drug-likeness (QED) is 0.422. The number of fused-ring (bicyclic) bond motifs is 1. The Hall–Kier alpha value is -3.32. The molecule has 0 spiro atoms. The van der Waals surface area contributed by atoms with Crippen molar-refractivity contribution in [2.45, 2.75) is 39.2 Å². The number of anilines is 1. The third-order valence-electron chi connectivity index (χ3n) is 7.22. The molecular formula is C29H33ClN4O3. The van der Waals surface area contributed by atoms with E-state index >= 15 is 0 Å². The molecule has 0 N–H and O–H groups in total. The third kappa shape index (κ3) is 5.37. The number of benzene rings is 2. The summed E-state index contributed by atoms with van der Waals surface area (Å²) in [5.74, 6) is -0.0754. The van der Waals surface area contributed by atoms with Crippen LogP contribution in [0.15, 0.2) is 48.5 Å². The van der Waals surface area contributed by atoms with E-state index in [1.165, 1.54) is 18.5 Å². The summed E-state index contributed by atoms with van der Waals surface area (Å²) >= 11 is 6.64. The highest BCUT2D eigenvalue weighted by Crippen LogP contribution is 2.31. The molecule has 2 fully saturated rings. The highest BCUT2D eigenvalue weighted by molar-refractivity contribution is 6.35. The zero-order valence-electron chi connectivity index (χ0n) is 21.5. The standard InChI is InChI=1S/C29H33ClN4O3/c1-3-16-37-29(36)34-15-14-33(19-20(34)2)28(35)22-8-11-24-25(30)18-26(31-27(24)17-22)21-6-9-23(10-7-21)32-12-4-5-13-32/h6-11,17-18,20H,3-5,12-16,19H2,1-2H3/t20-/m1/s1. The molecule has 37 heavy (non-hydrogen) atoms. The molecular weight excluding hydrogens is 488 g/mol. The molecule has 0 radical (unpaired) electrons. The van der Waals surface area contributed by atoms with Crippen LogP contribution >= 0.6 is 11.6 Å². The fourth-order valence-electron chi connectivity index (χ4n) is 5.15. The first-order chi connectivity index (χ1) is 17.9. The molecule has 0 unspecified atom stereocenters. The minimum absolute atomic E-state index is 0.0754. The Labute approximate surface area is 223 Å². The van der Waals surface area contributed by atoms with Gasteiger partial charge in [0.05, 0.1) is 22.8 Å². The summed E-state index contributed by atoms with van der Waals surface area (Å²) in [5, 5.41) is 1.42. The molecule has 0 aliphatic carbocycles. The molecule has 3 heterocycles. The van der Waals surface area contributed by atoms with E-state index in [1.54, 1.807) is 15.9 Å². The lowest BCUT2D eigenvalue weighted by Gasteiger charge is -2.39. The number of pyridine rings is 1. The Balaban J connectivity index is 1.34. The van der Waals surface area contributed by atoms with E-state index in [0.29, 0.717) is 42.3 Å². The molecule has 7 nitrogen and oxygen atoms in total. The van der Waals surface area contributed by atoms with E-state index in [1.807, 2.05) is 32.0 Å². The number of aromatic nitrogens is 1. The number of piperazine rings is 1. The van der Waals surface area contributed by atoms with Crippen LogP contribution < -0.4 is 4.90 Å². The number of hydrogen-bond acceptors (Lipinski definition) is 5. The molecule has 2 aromatic carbocycles. The maximum absolute atomic E-state index is 13.4. The van der Waals surface area contributed by atoms with Crippen LogP contribution in [0.5, 0.6) is 0 Å². The monoisotopic (exact) mass is 520 g/mol. The van der Waals surface area contributed by atoms with E-state index in [4.69, 9.17) is 21.3 Å². The zero-order chi connectivity index (χ0) is 25.9. The van der Waals surface area contributed by atoms with E-state index in [-0.39, 0.29) is 18.0 Å². The van der Waals surface area contributed by atoms with Crippen LogP contribution in [0.25, 0.3) is 22.2 Å². The van der Waals surface area contributed by atoms with E-state index < -0.39 is 0 Å². The maximum atomic E-state index is 13.4. The molecule has 194 valence electrons. The predicted molar refractivity (Wildman–Crippen MR) is 147 cm³/mol. The maximum Gasteiger partial charge on any atom is 0.410 e. The third-order valence-corrected chi connectivity index (χ3v) is 7.53. The summed E-state index contributed by atoms with van der Waals surface area (Å²) in [6.07, 6.45) is 2.95. The first-order valence-electron chi connectivity index (χ1n) is 13.1. The average molecular weight is 521 g/mol. The molecule has 3 aromatic rings. The van der Waals surface area contributed by atoms with Gasteiger partial charge in [0.1, 0.15) is 0 Å². The van der Waals surface area contributed by atoms with Crippen LogP contribution in [0.4, 0.5) is 10.5 Å². The smallest absolute Gasteiger partial charge is 0.410 e. The minimum atomic E-state index is -0.313. The first-order valence-corrected chi connectivity index (χ1v) is 13.5. The van der Waals surface area contributed by atoms with Crippen molar-refractivity contribution < 1.29 is 14.3 Å². The number of hydrogen-bond donors (Lipinski definition) is 0. The first kappa shape index (κ1) is 25.3. The molecule has 2 amide bonds. The van der Waals surface area contributed by atoms with Gasteiger partial charge < -0.3 is 19.4 Å². The van der Waals surface area contributed by atoms with Crippen molar-refractivity contribution in [3.8, 4) is 11.3 Å². The lowest BCUT2D eigenvalue weighted by atomic mass is 10.1. The Kier molecular flexibility index (Phi) is 7.51. The van der Waals surface area contributed by atoms with Gasteiger partial charge in [0.2, 0.25) is 0 Å². The largest absolute Gasteiger partial charge is 0.449 e. The fraction of sp³-hybridized carbons (Fsp3) is 0.414. The SMILES string of the molecule is CCCOC(=O)N1CCN(C(=O)c2ccc3c(Cl)cc(-c4ccc(N5CCCC5)cc4)nc3c2)C[C@H]1C. The summed E-state index contributed by atoms with van der Waals surface area (Å²) < 4.78 is 5.28. The number of ether oxygens (including phenoxy) is 1. The molecule has 2 saturated heterocycles. The molecule has 8 heteroatoms. The second-order valence-corrected chi connectivity index (χ2v) is 10.3. The van der Waals surface area contributed by atoms with Crippen molar-refractivity contribution in [2.75, 3.05) is 44.2 Å². The lowest BCUT2D eigenvalue weighted by Crippen LogP contribution is -2.55. The van der Waals surface area contributed by atoms with Gasteiger partial charge in [-0.25, -0.2) is 9.78 Å². The lowest BCUT2D eigenvalue weighted by molar-refractivity contribution is 0.0412. The fourth-order valence-corrected chi connectivity index (χ4v) is 5.42. The van der Waals surface area contributed by atoms with Crippen molar-refractivity contribution in [2.24, 2.45) is 0 Å². The van der Waals surface area contributed by atoms with Crippen LogP contribution in [-0.4, -0.2) is 72.2 Å². The van der Waals surface area contributed by atoms with E-state index in [9.17, 15) is 9.59 Å². The summed E-state index contributed by atoms with van der Waals surface area (Å²) in [5.41, 5.74) is 4.25. The zero-order valence-corrected chi connectivity index (χ0v) is 22.2. The normalized spacial score (nSPS) is 17.9. The predicted octanol–water partition coefficient (Wildman–Crippen LogP) is 5.85. The molecule has 0 bridgehead atoms. The summed E-state index contributed by atoms with van der Waals surface area (Å²) in [4.78, 5) is 36.4. The molecule has 1 atom stereocenters. The Morgan fingerprint density at radius 1 is 1.03 bits per heavy atom. The van der Waals surface area contributed by atoms with Gasteiger partial charge in [-0.3, -0.25) is 4.79 Å². The van der Waals surface area contributed by atoms with E-state index in [2.05, 4.69) is 29.2 Å². The van der Waals surface area contributed by atoms with Gasteiger partial charge in [0, 0.05) is 61.0 Å². The van der Waals surface area contributed by atoms with Gasteiger partial charge in [-0.1, -0.05) is 36.7 Å². The molecule has 2 aliphatic heterocycles. The second kappa shape index (κ2) is 11.0. The molecule has 5 rings (SSSR count). The second-order valence-electron chi connectivity index (χ2n) is 9.87. The van der Waals surface area contributed by atoms with Gasteiger partial charge in [-0.2, -0.15) is 0 Å². The van der Waals surface area contributed by atoms with Crippen LogP contribution in [0, 0.1) is 0 Å². The molecule has 2 aliphatic rings. The number of amides is 2. The van der Waals surface area contributed by atoms with Gasteiger partial charge >= 0.3 is 6.09 Å². The number of rotatable bonds is 5. The van der Waals surface area contributed by atoms with Crippen molar-refractivity contribution in [3.63, 3.8) is 0 Å². The average Bonchev–Trinajstić information content (AvgIpc) is 3.46. The van der Waals surface area contributed by atoms with Crippen molar-refractivity contribution in [3.05, 3.63) is 59.1 Å². The van der Waals surface area contributed by atoms with Crippen molar-refractivity contribution >= 4 is 40.2 Å². The van der Waals surface area contributed by atoms with Crippen LogP contribution in [0.1, 0.15) is 43.5 Å². The van der Waals surface area contributed by atoms with Crippen molar-refractivity contribution in [1.82, 2.24) is 14.8 Å². The Bertz CT molecular complexity index is 1290. The van der Waals surface area contributed by atoms with Gasteiger partial charge in [0.25, 0.3) is 5.91 Å².